The van der Waals surface area contributed by atoms with Crippen molar-refractivity contribution in [1.82, 2.24) is 25.7 Å². The summed E-state index contributed by atoms with van der Waals surface area (Å²) in [4.78, 5) is 2.00. The molecule has 1 unspecified atom stereocenters. The fourth-order valence-electron chi connectivity index (χ4n) is 5.63. The van der Waals surface area contributed by atoms with Crippen LogP contribution in [0.4, 0.5) is 14.6 Å². The number of hydrogen-bond donors (Lipinski definition) is 3. The molecule has 2 saturated heterocycles. The maximum absolute atomic E-state index is 14.7. The van der Waals surface area contributed by atoms with Gasteiger partial charge >= 0.3 is 0 Å². The Hall–Kier alpha value is -3.07. The van der Waals surface area contributed by atoms with Crippen LogP contribution in [-0.2, 0) is 0 Å². The predicted octanol–water partition coefficient (Wildman–Crippen LogP) is 4.22. The van der Waals surface area contributed by atoms with Gasteiger partial charge in [-0.2, -0.15) is 5.10 Å². The largest absolute Gasteiger partial charge is 0.507 e. The number of anilines is 1. The van der Waals surface area contributed by atoms with Crippen LogP contribution in [0.15, 0.2) is 36.7 Å². The van der Waals surface area contributed by atoms with E-state index in [0.29, 0.717) is 17.1 Å². The van der Waals surface area contributed by atoms with Crippen LogP contribution >= 0.6 is 0 Å². The second-order valence-corrected chi connectivity index (χ2v) is 9.80. The van der Waals surface area contributed by atoms with E-state index in [0.717, 1.165) is 25.7 Å². The molecule has 3 N–H and O–H groups in total. The standard InChI is InChI=1S/C24H28F2N6O/c1-23-5-6-24(2,31-23)12-16(11-23)32(8-7-25)22-4-3-20(29-30-22)18-9-19(26)17(10-21(18)33)15-13-27-28-14-15/h3-4,9-10,13-14,16,31,33H,5-8,11-12H2,1-2H3,(H,27,28)/t16?,23-,24+. The number of aromatic hydroxyl groups is 1. The minimum absolute atomic E-state index is 0.0413. The number of phenolic OH excluding ortho intramolecular Hbond substituents is 1. The van der Waals surface area contributed by atoms with Gasteiger partial charge in [0.1, 0.15) is 18.2 Å². The molecule has 0 aliphatic carbocycles. The molecule has 174 valence electrons. The fourth-order valence-corrected chi connectivity index (χ4v) is 5.63. The van der Waals surface area contributed by atoms with Gasteiger partial charge < -0.3 is 15.3 Å². The van der Waals surface area contributed by atoms with Crippen molar-refractivity contribution in [2.45, 2.75) is 56.7 Å². The highest BCUT2D eigenvalue weighted by atomic mass is 19.1. The number of nitrogens with one attached hydrogen (secondary N) is 2. The number of alkyl halides is 1. The third kappa shape index (κ3) is 4.06. The van der Waals surface area contributed by atoms with Crippen LogP contribution < -0.4 is 10.2 Å². The number of nitrogens with zero attached hydrogens (tertiary/aromatic N) is 4. The molecule has 0 saturated carbocycles. The first kappa shape index (κ1) is 21.8. The first-order valence-electron chi connectivity index (χ1n) is 11.3. The SMILES string of the molecule is C[C@]12CC[C@](C)(CC(N(CCF)c3ccc(-c4cc(F)c(-c5cn[nH]c5)cc4O)nn3)C1)N2. The molecule has 2 aliphatic heterocycles. The zero-order valence-corrected chi connectivity index (χ0v) is 18.8. The van der Waals surface area contributed by atoms with Gasteiger partial charge in [-0.3, -0.25) is 5.10 Å². The van der Waals surface area contributed by atoms with Crippen LogP contribution in [0, 0.1) is 5.82 Å². The summed E-state index contributed by atoms with van der Waals surface area (Å²) in [5.74, 6) is -0.0169. The van der Waals surface area contributed by atoms with Crippen molar-refractivity contribution in [1.29, 1.82) is 0 Å². The lowest BCUT2D eigenvalue weighted by Crippen LogP contribution is -2.59. The summed E-state index contributed by atoms with van der Waals surface area (Å²) in [7, 11) is 0. The average Bonchev–Trinajstić information content (AvgIpc) is 3.39. The summed E-state index contributed by atoms with van der Waals surface area (Å²) in [5.41, 5.74) is 1.45. The molecule has 0 radical (unpaired) electrons. The van der Waals surface area contributed by atoms with Gasteiger partial charge in [-0.15, -0.1) is 10.2 Å². The van der Waals surface area contributed by atoms with Crippen molar-refractivity contribution in [3.05, 3.63) is 42.5 Å². The zero-order chi connectivity index (χ0) is 23.2. The van der Waals surface area contributed by atoms with Crippen molar-refractivity contribution in [2.24, 2.45) is 0 Å². The maximum Gasteiger partial charge on any atom is 0.151 e. The minimum Gasteiger partial charge on any atom is -0.507 e. The summed E-state index contributed by atoms with van der Waals surface area (Å²) in [6, 6.07) is 6.21. The van der Waals surface area contributed by atoms with Crippen LogP contribution in [0.2, 0.25) is 0 Å². The van der Waals surface area contributed by atoms with E-state index in [1.54, 1.807) is 18.3 Å². The van der Waals surface area contributed by atoms with Crippen molar-refractivity contribution in [3.8, 4) is 28.1 Å². The van der Waals surface area contributed by atoms with E-state index >= 15 is 0 Å². The van der Waals surface area contributed by atoms with Gasteiger partial charge in [-0.05, 0) is 63.8 Å². The van der Waals surface area contributed by atoms with E-state index in [1.165, 1.54) is 18.3 Å². The lowest BCUT2D eigenvalue weighted by atomic mass is 9.84. The molecular formula is C24H28F2N6O. The molecule has 3 aromatic rings. The smallest absolute Gasteiger partial charge is 0.151 e. The molecule has 3 atom stereocenters. The lowest BCUT2D eigenvalue weighted by molar-refractivity contribution is 0.203. The summed E-state index contributed by atoms with van der Waals surface area (Å²) >= 11 is 0. The fraction of sp³-hybridized carbons (Fsp3) is 0.458. The molecule has 2 aromatic heterocycles. The Bertz CT molecular complexity index is 1120. The van der Waals surface area contributed by atoms with Crippen molar-refractivity contribution < 1.29 is 13.9 Å². The number of phenols is 1. The van der Waals surface area contributed by atoms with Crippen LogP contribution in [-0.4, -0.2) is 55.8 Å². The Balaban J connectivity index is 1.42. The average molecular weight is 455 g/mol. The third-order valence-corrected chi connectivity index (χ3v) is 7.09. The first-order chi connectivity index (χ1) is 15.8. The number of halogens is 2. The zero-order valence-electron chi connectivity index (χ0n) is 18.8. The number of piperidine rings is 1. The lowest BCUT2D eigenvalue weighted by Gasteiger charge is -2.46. The quantitative estimate of drug-likeness (QED) is 0.517. The highest BCUT2D eigenvalue weighted by Crippen LogP contribution is 2.44. The Labute approximate surface area is 191 Å². The van der Waals surface area contributed by atoms with E-state index in [2.05, 4.69) is 39.6 Å². The number of hydrogen-bond acceptors (Lipinski definition) is 6. The number of aromatic nitrogens is 4. The molecule has 7 nitrogen and oxygen atoms in total. The Kier molecular flexibility index (Phi) is 5.31. The van der Waals surface area contributed by atoms with Gasteiger partial charge in [0.15, 0.2) is 5.82 Å². The molecule has 1 aromatic carbocycles. The highest BCUT2D eigenvalue weighted by molar-refractivity contribution is 5.74. The van der Waals surface area contributed by atoms with Crippen LogP contribution in [0.3, 0.4) is 0 Å². The van der Waals surface area contributed by atoms with Crippen LogP contribution in [0.1, 0.15) is 39.5 Å². The predicted molar refractivity (Wildman–Crippen MR) is 122 cm³/mol. The summed E-state index contributed by atoms with van der Waals surface area (Å²) in [6.45, 7) is 4.22. The molecule has 9 heteroatoms. The normalized spacial score (nSPS) is 26.5. The van der Waals surface area contributed by atoms with E-state index in [4.69, 9.17) is 0 Å². The Morgan fingerprint density at radius 2 is 1.88 bits per heavy atom. The molecule has 33 heavy (non-hydrogen) atoms. The highest BCUT2D eigenvalue weighted by Gasteiger charge is 2.49. The van der Waals surface area contributed by atoms with Gasteiger partial charge in [0.2, 0.25) is 0 Å². The van der Waals surface area contributed by atoms with E-state index in [1.807, 2.05) is 4.90 Å². The summed E-state index contributed by atoms with van der Waals surface area (Å²) in [5, 5.41) is 29.3. The van der Waals surface area contributed by atoms with Crippen molar-refractivity contribution in [2.75, 3.05) is 18.1 Å². The van der Waals surface area contributed by atoms with Crippen molar-refractivity contribution in [3.63, 3.8) is 0 Å². The van der Waals surface area contributed by atoms with Crippen LogP contribution in [0.5, 0.6) is 5.75 Å². The van der Waals surface area contributed by atoms with E-state index < -0.39 is 12.5 Å². The maximum atomic E-state index is 14.7. The number of H-pyrrole nitrogens is 1. The second kappa shape index (κ2) is 8.06. The van der Waals surface area contributed by atoms with Crippen molar-refractivity contribution >= 4 is 5.82 Å². The van der Waals surface area contributed by atoms with Crippen LogP contribution in [0.25, 0.3) is 22.4 Å². The van der Waals surface area contributed by atoms with Gasteiger partial charge in [0.25, 0.3) is 0 Å². The molecule has 0 amide bonds. The summed E-state index contributed by atoms with van der Waals surface area (Å²) in [6.07, 6.45) is 7.07. The molecule has 4 heterocycles. The Morgan fingerprint density at radius 1 is 1.12 bits per heavy atom. The molecule has 2 aliphatic rings. The van der Waals surface area contributed by atoms with E-state index in [-0.39, 0.29) is 40.5 Å². The second-order valence-electron chi connectivity index (χ2n) is 9.80. The van der Waals surface area contributed by atoms with E-state index in [9.17, 15) is 13.9 Å². The van der Waals surface area contributed by atoms with Gasteiger partial charge in [-0.1, -0.05) is 0 Å². The number of aromatic amines is 1. The van der Waals surface area contributed by atoms with Gasteiger partial charge in [-0.25, -0.2) is 8.78 Å². The van der Waals surface area contributed by atoms with Gasteiger partial charge in [0.05, 0.1) is 11.9 Å². The molecule has 0 spiro atoms. The third-order valence-electron chi connectivity index (χ3n) is 7.09. The summed E-state index contributed by atoms with van der Waals surface area (Å²) < 4.78 is 28.2. The molecule has 2 fully saturated rings. The van der Waals surface area contributed by atoms with Gasteiger partial charge in [0, 0.05) is 46.6 Å². The Morgan fingerprint density at radius 3 is 2.48 bits per heavy atom. The monoisotopic (exact) mass is 454 g/mol. The minimum atomic E-state index is -0.499. The molecular weight excluding hydrogens is 426 g/mol. The number of fused-ring (bicyclic) bond motifs is 2. The molecule has 5 rings (SSSR count). The first-order valence-corrected chi connectivity index (χ1v) is 11.3. The topological polar surface area (TPSA) is 90.0 Å². The number of benzene rings is 1. The number of rotatable bonds is 6. The molecule has 2 bridgehead atoms.